The highest BCUT2D eigenvalue weighted by Gasteiger charge is 2.30. The third-order valence-corrected chi connectivity index (χ3v) is 1.60. The average molecular weight is 220 g/mol. The number of carbonyl (C=O) groups excluding carboxylic acids is 1. The van der Waals surface area contributed by atoms with Crippen molar-refractivity contribution in [2.75, 3.05) is 0 Å². The Labute approximate surface area is 80.7 Å². The van der Waals surface area contributed by atoms with Crippen molar-refractivity contribution in [2.24, 2.45) is 0 Å². The van der Waals surface area contributed by atoms with Gasteiger partial charge in [0.2, 0.25) is 5.95 Å². The monoisotopic (exact) mass is 220 g/mol. The smallest absolute Gasteiger partial charge is 0.294 e. The molecule has 5 nitrogen and oxygen atoms in total. The minimum absolute atomic E-state index is 0.0313. The number of aromatic nitrogens is 1. The first kappa shape index (κ1) is 11.1. The SMILES string of the molecule is O=Cc1cnc(F)c(C(F)F)c1[N+](=O)[O-]. The van der Waals surface area contributed by atoms with Gasteiger partial charge in [0.25, 0.3) is 12.1 Å². The molecule has 0 bridgehead atoms. The molecule has 0 saturated heterocycles. The van der Waals surface area contributed by atoms with Crippen LogP contribution in [0.25, 0.3) is 0 Å². The van der Waals surface area contributed by atoms with Crippen molar-refractivity contribution in [2.45, 2.75) is 6.43 Å². The van der Waals surface area contributed by atoms with Gasteiger partial charge in [-0.15, -0.1) is 0 Å². The lowest BCUT2D eigenvalue weighted by atomic mass is 10.1. The molecule has 1 aromatic heterocycles. The molecule has 0 N–H and O–H groups in total. The summed E-state index contributed by atoms with van der Waals surface area (Å²) in [5.74, 6) is -1.65. The molecule has 1 heterocycles. The fourth-order valence-corrected chi connectivity index (χ4v) is 0.993. The summed E-state index contributed by atoms with van der Waals surface area (Å²) >= 11 is 0. The molecule has 0 unspecified atom stereocenters. The minimum atomic E-state index is -3.40. The van der Waals surface area contributed by atoms with Gasteiger partial charge >= 0.3 is 0 Å². The number of alkyl halides is 2. The van der Waals surface area contributed by atoms with E-state index in [-0.39, 0.29) is 6.29 Å². The molecular formula is C7H3F3N2O3. The van der Waals surface area contributed by atoms with E-state index in [0.717, 1.165) is 0 Å². The van der Waals surface area contributed by atoms with E-state index in [1.54, 1.807) is 0 Å². The summed E-state index contributed by atoms with van der Waals surface area (Å²) in [4.78, 5) is 22.3. The first-order chi connectivity index (χ1) is 6.99. The summed E-state index contributed by atoms with van der Waals surface area (Å²) in [7, 11) is 0. The number of aldehydes is 1. The van der Waals surface area contributed by atoms with Crippen LogP contribution in [0, 0.1) is 16.1 Å². The van der Waals surface area contributed by atoms with Gasteiger partial charge in [-0.2, -0.15) is 4.39 Å². The molecule has 0 aliphatic carbocycles. The van der Waals surface area contributed by atoms with Crippen LogP contribution in [0.3, 0.4) is 0 Å². The minimum Gasteiger partial charge on any atom is -0.298 e. The molecule has 0 fully saturated rings. The third kappa shape index (κ3) is 1.92. The molecule has 1 rings (SSSR count). The maximum atomic E-state index is 12.8. The Morgan fingerprint density at radius 1 is 1.53 bits per heavy atom. The Kier molecular flexibility index (Phi) is 2.98. The fraction of sp³-hybridized carbons (Fsp3) is 0.143. The molecule has 8 heteroatoms. The van der Waals surface area contributed by atoms with Gasteiger partial charge in [0.05, 0.1) is 4.92 Å². The van der Waals surface area contributed by atoms with Gasteiger partial charge in [-0.05, 0) is 0 Å². The van der Waals surface area contributed by atoms with Crippen LogP contribution in [0.4, 0.5) is 18.9 Å². The topological polar surface area (TPSA) is 73.1 Å². The summed E-state index contributed by atoms with van der Waals surface area (Å²) in [6.45, 7) is 0. The van der Waals surface area contributed by atoms with Gasteiger partial charge in [-0.25, -0.2) is 13.8 Å². The average Bonchev–Trinajstić information content (AvgIpc) is 2.16. The molecular weight excluding hydrogens is 217 g/mol. The highest BCUT2D eigenvalue weighted by atomic mass is 19.3. The van der Waals surface area contributed by atoms with E-state index < -0.39 is 34.1 Å². The number of carbonyl (C=O) groups is 1. The van der Waals surface area contributed by atoms with Crippen molar-refractivity contribution in [1.82, 2.24) is 4.98 Å². The highest BCUT2D eigenvalue weighted by molar-refractivity contribution is 5.81. The van der Waals surface area contributed by atoms with Crippen LogP contribution in [-0.2, 0) is 0 Å². The number of halogens is 3. The van der Waals surface area contributed by atoms with Crippen LogP contribution in [0.15, 0.2) is 6.20 Å². The molecule has 0 radical (unpaired) electrons. The van der Waals surface area contributed by atoms with Crippen molar-refractivity contribution in [3.8, 4) is 0 Å². The number of pyridine rings is 1. The second-order valence-corrected chi connectivity index (χ2v) is 2.44. The number of nitro groups is 1. The van der Waals surface area contributed by atoms with E-state index in [4.69, 9.17) is 0 Å². The first-order valence-electron chi connectivity index (χ1n) is 3.55. The Bertz CT molecular complexity index is 422. The summed E-state index contributed by atoms with van der Waals surface area (Å²) in [5, 5.41) is 10.4. The maximum Gasteiger partial charge on any atom is 0.294 e. The molecule has 0 aromatic carbocycles. The Balaban J connectivity index is 3.58. The number of nitrogens with zero attached hydrogens (tertiary/aromatic N) is 2. The lowest BCUT2D eigenvalue weighted by molar-refractivity contribution is -0.386. The van der Waals surface area contributed by atoms with E-state index in [1.165, 1.54) is 0 Å². The number of rotatable bonds is 3. The molecule has 0 atom stereocenters. The predicted molar refractivity (Wildman–Crippen MR) is 41.2 cm³/mol. The Morgan fingerprint density at radius 3 is 2.53 bits per heavy atom. The van der Waals surface area contributed by atoms with E-state index in [2.05, 4.69) is 4.98 Å². The van der Waals surface area contributed by atoms with Crippen LogP contribution >= 0.6 is 0 Å². The number of hydrogen-bond donors (Lipinski definition) is 0. The van der Waals surface area contributed by atoms with Gasteiger partial charge in [0.15, 0.2) is 11.8 Å². The maximum absolute atomic E-state index is 12.8. The molecule has 80 valence electrons. The second kappa shape index (κ2) is 4.03. The summed E-state index contributed by atoms with van der Waals surface area (Å²) in [5.41, 5.74) is -3.39. The largest absolute Gasteiger partial charge is 0.298 e. The fourth-order valence-electron chi connectivity index (χ4n) is 0.993. The van der Waals surface area contributed by atoms with Crippen LogP contribution in [0.2, 0.25) is 0 Å². The van der Waals surface area contributed by atoms with Crippen molar-refractivity contribution < 1.29 is 22.9 Å². The zero-order valence-corrected chi connectivity index (χ0v) is 6.99. The quantitative estimate of drug-likeness (QED) is 0.337. The summed E-state index contributed by atoms with van der Waals surface area (Å²) in [6.07, 6.45) is -2.90. The van der Waals surface area contributed by atoms with Crippen LogP contribution < -0.4 is 0 Å². The Morgan fingerprint density at radius 2 is 2.13 bits per heavy atom. The van der Waals surface area contributed by atoms with Crippen molar-refractivity contribution in [1.29, 1.82) is 0 Å². The van der Waals surface area contributed by atoms with E-state index in [9.17, 15) is 28.1 Å². The highest BCUT2D eigenvalue weighted by Crippen LogP contribution is 2.32. The van der Waals surface area contributed by atoms with Gasteiger partial charge in [-0.1, -0.05) is 0 Å². The molecule has 0 amide bonds. The summed E-state index contributed by atoms with van der Waals surface area (Å²) in [6, 6.07) is 0. The number of hydrogen-bond acceptors (Lipinski definition) is 4. The van der Waals surface area contributed by atoms with Gasteiger partial charge in [0.1, 0.15) is 5.56 Å². The van der Waals surface area contributed by atoms with E-state index >= 15 is 0 Å². The summed E-state index contributed by atoms with van der Waals surface area (Å²) < 4.78 is 37.3. The lowest BCUT2D eigenvalue weighted by Gasteiger charge is -2.03. The van der Waals surface area contributed by atoms with Gasteiger partial charge in [-0.3, -0.25) is 14.9 Å². The molecule has 0 spiro atoms. The van der Waals surface area contributed by atoms with Crippen LogP contribution in [-0.4, -0.2) is 16.2 Å². The van der Waals surface area contributed by atoms with Crippen molar-refractivity contribution in [3.63, 3.8) is 0 Å². The molecule has 1 aromatic rings. The van der Waals surface area contributed by atoms with Crippen LogP contribution in [0.1, 0.15) is 22.3 Å². The standard InChI is InChI=1S/C7H3F3N2O3/c8-6(9)4-5(12(14)15)3(2-13)1-11-7(4)10/h1-2,6H. The van der Waals surface area contributed by atoms with Gasteiger partial charge < -0.3 is 0 Å². The molecule has 0 saturated carbocycles. The molecule has 0 aliphatic heterocycles. The Hall–Kier alpha value is -1.99. The van der Waals surface area contributed by atoms with Crippen LogP contribution in [0.5, 0.6) is 0 Å². The lowest BCUT2D eigenvalue weighted by Crippen LogP contribution is -2.05. The molecule has 15 heavy (non-hydrogen) atoms. The first-order valence-corrected chi connectivity index (χ1v) is 3.55. The zero-order valence-electron chi connectivity index (χ0n) is 6.99. The predicted octanol–water partition coefficient (Wildman–Crippen LogP) is 1.88. The van der Waals surface area contributed by atoms with Crippen molar-refractivity contribution >= 4 is 12.0 Å². The van der Waals surface area contributed by atoms with Crippen molar-refractivity contribution in [3.05, 3.63) is 33.4 Å². The van der Waals surface area contributed by atoms with E-state index in [0.29, 0.717) is 6.20 Å². The normalized spacial score (nSPS) is 10.4. The van der Waals surface area contributed by atoms with Gasteiger partial charge in [0, 0.05) is 6.20 Å². The second-order valence-electron chi connectivity index (χ2n) is 2.44. The molecule has 0 aliphatic rings. The zero-order chi connectivity index (χ0) is 11.6. The van der Waals surface area contributed by atoms with E-state index in [1.807, 2.05) is 0 Å². The third-order valence-electron chi connectivity index (χ3n) is 1.60.